The maximum absolute atomic E-state index is 12.3. The molecular formula is C13H16ClNO. The van der Waals surface area contributed by atoms with Gasteiger partial charge in [-0.25, -0.2) is 0 Å². The zero-order chi connectivity index (χ0) is 11.8. The van der Waals surface area contributed by atoms with E-state index in [2.05, 4.69) is 0 Å². The van der Waals surface area contributed by atoms with Crippen molar-refractivity contribution in [1.29, 1.82) is 0 Å². The molecule has 2 N–H and O–H groups in total. The first-order valence-electron chi connectivity index (χ1n) is 5.60. The topological polar surface area (TPSA) is 43.1 Å². The lowest BCUT2D eigenvalue weighted by Crippen LogP contribution is -2.44. The van der Waals surface area contributed by atoms with Gasteiger partial charge in [0.2, 0.25) is 0 Å². The van der Waals surface area contributed by atoms with Crippen molar-refractivity contribution in [2.75, 3.05) is 6.54 Å². The number of Topliss-reactive ketones (excluding diaryl/α,β-unsaturated/α-hetero) is 1. The minimum Gasteiger partial charge on any atom is -0.329 e. The molecule has 0 bridgehead atoms. The maximum atomic E-state index is 12.3. The van der Waals surface area contributed by atoms with E-state index in [0.29, 0.717) is 17.1 Å². The summed E-state index contributed by atoms with van der Waals surface area (Å²) in [6, 6.07) is 5.49. The van der Waals surface area contributed by atoms with Crippen molar-refractivity contribution >= 4 is 17.4 Å². The van der Waals surface area contributed by atoms with Crippen LogP contribution in [-0.4, -0.2) is 12.3 Å². The van der Waals surface area contributed by atoms with Gasteiger partial charge in [-0.3, -0.25) is 4.79 Å². The summed E-state index contributed by atoms with van der Waals surface area (Å²) in [4.78, 5) is 12.3. The Kier molecular flexibility index (Phi) is 3.04. The summed E-state index contributed by atoms with van der Waals surface area (Å²) in [5, 5.41) is 0.650. The quantitative estimate of drug-likeness (QED) is 0.822. The second kappa shape index (κ2) is 4.19. The molecule has 86 valence electrons. The molecule has 2 rings (SSSR count). The fraction of sp³-hybridized carbons (Fsp3) is 0.462. The molecule has 0 spiro atoms. The van der Waals surface area contributed by atoms with Gasteiger partial charge in [-0.1, -0.05) is 30.2 Å². The van der Waals surface area contributed by atoms with Crippen LogP contribution in [0.5, 0.6) is 0 Å². The highest BCUT2D eigenvalue weighted by Gasteiger charge is 2.42. The Labute approximate surface area is 101 Å². The third-order valence-electron chi connectivity index (χ3n) is 3.62. The van der Waals surface area contributed by atoms with E-state index in [4.69, 9.17) is 17.3 Å². The van der Waals surface area contributed by atoms with Crippen molar-refractivity contribution in [1.82, 2.24) is 0 Å². The van der Waals surface area contributed by atoms with Crippen LogP contribution < -0.4 is 5.73 Å². The normalized spacial score (nSPS) is 17.9. The summed E-state index contributed by atoms with van der Waals surface area (Å²) in [5.41, 5.74) is 7.10. The Morgan fingerprint density at radius 2 is 2.19 bits per heavy atom. The third-order valence-corrected chi connectivity index (χ3v) is 4.02. The second-order valence-corrected chi connectivity index (χ2v) is 5.04. The summed E-state index contributed by atoms with van der Waals surface area (Å²) >= 11 is 6.03. The molecule has 1 aromatic rings. The minimum atomic E-state index is -0.307. The van der Waals surface area contributed by atoms with E-state index in [9.17, 15) is 4.79 Å². The van der Waals surface area contributed by atoms with Crippen LogP contribution in [0.2, 0.25) is 5.02 Å². The van der Waals surface area contributed by atoms with Gasteiger partial charge in [0.1, 0.15) is 0 Å². The molecule has 1 saturated carbocycles. The van der Waals surface area contributed by atoms with E-state index in [1.54, 1.807) is 6.07 Å². The lowest BCUT2D eigenvalue weighted by molar-refractivity contribution is 0.0636. The average molecular weight is 238 g/mol. The molecule has 0 saturated heterocycles. The molecule has 1 aromatic carbocycles. The van der Waals surface area contributed by atoms with Crippen LogP contribution in [0.1, 0.15) is 35.2 Å². The highest BCUT2D eigenvalue weighted by molar-refractivity contribution is 6.31. The number of hydrogen-bond acceptors (Lipinski definition) is 2. The van der Waals surface area contributed by atoms with Gasteiger partial charge < -0.3 is 5.73 Å². The number of carbonyl (C=O) groups excluding carboxylic acids is 1. The number of hydrogen-bond donors (Lipinski definition) is 1. The van der Waals surface area contributed by atoms with Crippen molar-refractivity contribution in [3.05, 3.63) is 34.3 Å². The molecule has 0 heterocycles. The number of carbonyl (C=O) groups is 1. The lowest BCUT2D eigenvalue weighted by Gasteiger charge is -2.39. The van der Waals surface area contributed by atoms with Crippen molar-refractivity contribution in [2.45, 2.75) is 26.2 Å². The van der Waals surface area contributed by atoms with Crippen LogP contribution in [0.15, 0.2) is 18.2 Å². The summed E-state index contributed by atoms with van der Waals surface area (Å²) in [5.74, 6) is 0.156. The van der Waals surface area contributed by atoms with Crippen LogP contribution in [0.3, 0.4) is 0 Å². The molecule has 0 atom stereocenters. The summed E-state index contributed by atoms with van der Waals surface area (Å²) in [6.45, 7) is 2.37. The second-order valence-electron chi connectivity index (χ2n) is 4.63. The first-order chi connectivity index (χ1) is 7.59. The Bertz CT molecular complexity index is 418. The highest BCUT2D eigenvalue weighted by Crippen LogP contribution is 2.42. The molecule has 0 radical (unpaired) electrons. The molecule has 3 heteroatoms. The lowest BCUT2D eigenvalue weighted by atomic mass is 9.64. The van der Waals surface area contributed by atoms with E-state index in [-0.39, 0.29) is 11.2 Å². The SMILES string of the molecule is Cc1ccc(C(=O)C2(CN)CCC2)cc1Cl. The van der Waals surface area contributed by atoms with E-state index < -0.39 is 0 Å². The smallest absolute Gasteiger partial charge is 0.170 e. The van der Waals surface area contributed by atoms with Gasteiger partial charge >= 0.3 is 0 Å². The van der Waals surface area contributed by atoms with E-state index >= 15 is 0 Å². The number of ketones is 1. The number of aryl methyl sites for hydroxylation is 1. The Morgan fingerprint density at radius 3 is 2.62 bits per heavy atom. The summed E-state index contributed by atoms with van der Waals surface area (Å²) in [6.07, 6.45) is 2.92. The van der Waals surface area contributed by atoms with Gasteiger partial charge in [0, 0.05) is 22.5 Å². The zero-order valence-electron chi connectivity index (χ0n) is 9.42. The van der Waals surface area contributed by atoms with Gasteiger partial charge in [-0.2, -0.15) is 0 Å². The number of nitrogens with two attached hydrogens (primary N) is 1. The molecule has 2 nitrogen and oxygen atoms in total. The van der Waals surface area contributed by atoms with E-state index in [1.165, 1.54) is 0 Å². The van der Waals surface area contributed by atoms with E-state index in [1.807, 2.05) is 19.1 Å². The van der Waals surface area contributed by atoms with Crippen molar-refractivity contribution in [2.24, 2.45) is 11.1 Å². The van der Waals surface area contributed by atoms with Crippen molar-refractivity contribution in [3.8, 4) is 0 Å². The van der Waals surface area contributed by atoms with Crippen LogP contribution in [0.25, 0.3) is 0 Å². The molecule has 1 fully saturated rings. The molecule has 1 aliphatic rings. The third kappa shape index (κ3) is 1.76. The molecule has 0 unspecified atom stereocenters. The molecular weight excluding hydrogens is 222 g/mol. The standard InChI is InChI=1S/C13H16ClNO/c1-9-3-4-10(7-11(9)14)12(16)13(8-15)5-2-6-13/h3-4,7H,2,5-6,8,15H2,1H3. The summed E-state index contributed by atoms with van der Waals surface area (Å²) < 4.78 is 0. The van der Waals surface area contributed by atoms with Crippen LogP contribution in [0.4, 0.5) is 0 Å². The van der Waals surface area contributed by atoms with Gasteiger partial charge in [0.25, 0.3) is 0 Å². The van der Waals surface area contributed by atoms with Gasteiger partial charge in [-0.15, -0.1) is 0 Å². The predicted octanol–water partition coefficient (Wildman–Crippen LogP) is 2.96. The predicted molar refractivity (Wildman–Crippen MR) is 65.9 cm³/mol. The van der Waals surface area contributed by atoms with Gasteiger partial charge in [0.15, 0.2) is 5.78 Å². The first-order valence-corrected chi connectivity index (χ1v) is 5.98. The molecule has 0 amide bonds. The van der Waals surface area contributed by atoms with Gasteiger partial charge in [-0.05, 0) is 31.4 Å². The number of halogens is 1. The zero-order valence-corrected chi connectivity index (χ0v) is 10.2. The van der Waals surface area contributed by atoms with Crippen molar-refractivity contribution < 1.29 is 4.79 Å². The number of rotatable bonds is 3. The Balaban J connectivity index is 2.30. The summed E-state index contributed by atoms with van der Waals surface area (Å²) in [7, 11) is 0. The Morgan fingerprint density at radius 1 is 1.50 bits per heavy atom. The maximum Gasteiger partial charge on any atom is 0.170 e. The molecule has 0 aromatic heterocycles. The monoisotopic (exact) mass is 237 g/mol. The van der Waals surface area contributed by atoms with Crippen LogP contribution in [0, 0.1) is 12.3 Å². The molecule has 16 heavy (non-hydrogen) atoms. The van der Waals surface area contributed by atoms with Gasteiger partial charge in [0.05, 0.1) is 0 Å². The fourth-order valence-electron chi connectivity index (χ4n) is 2.17. The van der Waals surface area contributed by atoms with E-state index in [0.717, 1.165) is 24.8 Å². The largest absolute Gasteiger partial charge is 0.329 e. The number of benzene rings is 1. The van der Waals surface area contributed by atoms with Crippen LogP contribution in [-0.2, 0) is 0 Å². The average Bonchev–Trinajstić information content (AvgIpc) is 2.21. The fourth-order valence-corrected chi connectivity index (χ4v) is 2.35. The first kappa shape index (κ1) is 11.6. The Hall–Kier alpha value is -0.860. The van der Waals surface area contributed by atoms with Crippen molar-refractivity contribution in [3.63, 3.8) is 0 Å². The minimum absolute atomic E-state index is 0.156. The molecule has 0 aliphatic heterocycles. The van der Waals surface area contributed by atoms with Crippen LogP contribution >= 0.6 is 11.6 Å². The highest BCUT2D eigenvalue weighted by atomic mass is 35.5. The molecule has 1 aliphatic carbocycles.